The van der Waals surface area contributed by atoms with Crippen molar-refractivity contribution in [3.05, 3.63) is 64.7 Å². The van der Waals surface area contributed by atoms with Crippen molar-refractivity contribution in [3.8, 4) is 11.4 Å². The number of halogens is 1. The third-order valence-corrected chi connectivity index (χ3v) is 7.86. The van der Waals surface area contributed by atoms with Gasteiger partial charge >= 0.3 is 0 Å². The standard InChI is InChI=1S/C21H24FN5O2S2/c1-16-3-5-17(6-4-16)20-23-27(21(30)24(20)2)15-25-11-13-26(14-12-25)31(28,29)19-9-7-18(22)8-10-19/h3-10H,11-15H2,1-2H3. The van der Waals surface area contributed by atoms with E-state index >= 15 is 0 Å². The molecule has 2 heterocycles. The highest BCUT2D eigenvalue weighted by Gasteiger charge is 2.28. The fraction of sp³-hybridized carbons (Fsp3) is 0.333. The van der Waals surface area contributed by atoms with Crippen LogP contribution in [0.3, 0.4) is 0 Å². The fourth-order valence-corrected chi connectivity index (χ4v) is 5.20. The summed E-state index contributed by atoms with van der Waals surface area (Å²) in [5.74, 6) is 0.336. The molecule has 4 rings (SSSR count). The predicted molar refractivity (Wildman–Crippen MR) is 119 cm³/mol. The number of benzene rings is 2. The van der Waals surface area contributed by atoms with Crippen molar-refractivity contribution in [3.63, 3.8) is 0 Å². The lowest BCUT2D eigenvalue weighted by atomic mass is 10.1. The van der Waals surface area contributed by atoms with Gasteiger partial charge in [-0.15, -0.1) is 0 Å². The highest BCUT2D eigenvalue weighted by Crippen LogP contribution is 2.20. The summed E-state index contributed by atoms with van der Waals surface area (Å²) in [5, 5.41) is 4.69. The van der Waals surface area contributed by atoms with Crippen molar-refractivity contribution in [1.29, 1.82) is 0 Å². The Morgan fingerprint density at radius 3 is 2.23 bits per heavy atom. The summed E-state index contributed by atoms with van der Waals surface area (Å²) in [6, 6.07) is 13.1. The van der Waals surface area contributed by atoms with E-state index < -0.39 is 15.8 Å². The molecule has 0 spiro atoms. The van der Waals surface area contributed by atoms with E-state index in [0.29, 0.717) is 37.6 Å². The number of aryl methyl sites for hydroxylation is 1. The van der Waals surface area contributed by atoms with Gasteiger partial charge in [-0.25, -0.2) is 17.5 Å². The molecule has 0 radical (unpaired) electrons. The van der Waals surface area contributed by atoms with Crippen LogP contribution in [-0.4, -0.2) is 58.1 Å². The predicted octanol–water partition coefficient (Wildman–Crippen LogP) is 3.03. The van der Waals surface area contributed by atoms with Gasteiger partial charge in [0.2, 0.25) is 10.0 Å². The molecule has 0 bridgehead atoms. The molecule has 0 unspecified atom stereocenters. The second kappa shape index (κ2) is 8.62. The molecule has 0 atom stereocenters. The van der Waals surface area contributed by atoms with E-state index in [2.05, 4.69) is 4.90 Å². The minimum absolute atomic E-state index is 0.108. The van der Waals surface area contributed by atoms with Crippen LogP contribution in [-0.2, 0) is 23.7 Å². The van der Waals surface area contributed by atoms with Gasteiger partial charge in [-0.1, -0.05) is 29.8 Å². The van der Waals surface area contributed by atoms with Crippen LogP contribution in [0.2, 0.25) is 0 Å². The maximum atomic E-state index is 13.1. The molecule has 10 heteroatoms. The summed E-state index contributed by atoms with van der Waals surface area (Å²) < 4.78 is 44.4. The van der Waals surface area contributed by atoms with Crippen molar-refractivity contribution in [2.75, 3.05) is 26.2 Å². The van der Waals surface area contributed by atoms with Crippen molar-refractivity contribution < 1.29 is 12.8 Å². The first-order valence-corrected chi connectivity index (χ1v) is 11.8. The third kappa shape index (κ3) is 4.47. The van der Waals surface area contributed by atoms with Crippen LogP contribution >= 0.6 is 12.2 Å². The molecule has 0 aliphatic carbocycles. The summed E-state index contributed by atoms with van der Waals surface area (Å²) in [7, 11) is -1.74. The summed E-state index contributed by atoms with van der Waals surface area (Å²) in [6.45, 7) is 4.34. The summed E-state index contributed by atoms with van der Waals surface area (Å²) >= 11 is 5.56. The van der Waals surface area contributed by atoms with Crippen molar-refractivity contribution in [1.82, 2.24) is 23.6 Å². The molecule has 1 saturated heterocycles. The molecule has 31 heavy (non-hydrogen) atoms. The number of hydrogen-bond donors (Lipinski definition) is 0. The Labute approximate surface area is 186 Å². The van der Waals surface area contributed by atoms with Crippen molar-refractivity contribution >= 4 is 22.2 Å². The topological polar surface area (TPSA) is 63.4 Å². The molecule has 0 saturated carbocycles. The highest BCUT2D eigenvalue weighted by molar-refractivity contribution is 7.89. The first-order valence-electron chi connectivity index (χ1n) is 9.94. The molecule has 164 valence electrons. The molecule has 3 aromatic rings. The zero-order valence-corrected chi connectivity index (χ0v) is 19.0. The van der Waals surface area contributed by atoms with Crippen LogP contribution in [0.25, 0.3) is 11.4 Å². The second-order valence-corrected chi connectivity index (χ2v) is 9.95. The molecule has 1 aliphatic heterocycles. The number of sulfonamides is 1. The Hall–Kier alpha value is -2.40. The zero-order valence-electron chi connectivity index (χ0n) is 17.4. The van der Waals surface area contributed by atoms with E-state index in [4.69, 9.17) is 17.3 Å². The lowest BCUT2D eigenvalue weighted by Crippen LogP contribution is -2.48. The summed E-state index contributed by atoms with van der Waals surface area (Å²) in [6.07, 6.45) is 0. The lowest BCUT2D eigenvalue weighted by molar-refractivity contribution is 0.144. The monoisotopic (exact) mass is 461 g/mol. The van der Waals surface area contributed by atoms with Gasteiger partial charge in [0, 0.05) is 38.8 Å². The van der Waals surface area contributed by atoms with Crippen LogP contribution in [0.1, 0.15) is 5.56 Å². The van der Waals surface area contributed by atoms with Crippen molar-refractivity contribution in [2.45, 2.75) is 18.5 Å². The van der Waals surface area contributed by atoms with E-state index in [1.807, 2.05) is 42.8 Å². The van der Waals surface area contributed by atoms with Crippen LogP contribution < -0.4 is 0 Å². The number of aromatic nitrogens is 3. The van der Waals surface area contributed by atoms with Gasteiger partial charge < -0.3 is 4.57 Å². The van der Waals surface area contributed by atoms with E-state index in [1.165, 1.54) is 22.0 Å². The number of rotatable bonds is 5. The third-order valence-electron chi connectivity index (χ3n) is 5.47. The van der Waals surface area contributed by atoms with E-state index in [-0.39, 0.29) is 4.90 Å². The quantitative estimate of drug-likeness (QED) is 0.547. The first-order chi connectivity index (χ1) is 14.8. The largest absolute Gasteiger partial charge is 0.303 e. The van der Waals surface area contributed by atoms with Gasteiger partial charge in [0.1, 0.15) is 5.82 Å². The van der Waals surface area contributed by atoms with Gasteiger partial charge in [-0.3, -0.25) is 4.90 Å². The molecule has 0 N–H and O–H groups in total. The van der Waals surface area contributed by atoms with E-state index in [9.17, 15) is 12.8 Å². The Kier molecular flexibility index (Phi) is 6.07. The van der Waals surface area contributed by atoms with Gasteiger partial charge in [0.25, 0.3) is 0 Å². The van der Waals surface area contributed by atoms with E-state index in [1.54, 1.807) is 4.68 Å². The highest BCUT2D eigenvalue weighted by atomic mass is 32.2. The van der Waals surface area contributed by atoms with Gasteiger partial charge in [0.05, 0.1) is 11.6 Å². The Morgan fingerprint density at radius 2 is 1.61 bits per heavy atom. The number of piperazine rings is 1. The molecule has 1 fully saturated rings. The smallest absolute Gasteiger partial charge is 0.243 e. The summed E-state index contributed by atoms with van der Waals surface area (Å²) in [5.41, 5.74) is 2.17. The van der Waals surface area contributed by atoms with E-state index in [0.717, 1.165) is 23.5 Å². The number of nitrogens with zero attached hydrogens (tertiary/aromatic N) is 5. The van der Waals surface area contributed by atoms with Gasteiger partial charge in [-0.05, 0) is 43.4 Å². The van der Waals surface area contributed by atoms with Crippen LogP contribution in [0, 0.1) is 17.5 Å². The average Bonchev–Trinajstić information content (AvgIpc) is 3.03. The number of hydrogen-bond acceptors (Lipinski definition) is 5. The average molecular weight is 462 g/mol. The summed E-state index contributed by atoms with van der Waals surface area (Å²) in [4.78, 5) is 2.23. The Bertz CT molecular complexity index is 1230. The molecule has 7 nitrogen and oxygen atoms in total. The van der Waals surface area contributed by atoms with Crippen molar-refractivity contribution in [2.24, 2.45) is 7.05 Å². The molecule has 1 aromatic heterocycles. The lowest BCUT2D eigenvalue weighted by Gasteiger charge is -2.33. The normalized spacial score (nSPS) is 16.0. The van der Waals surface area contributed by atoms with Crippen LogP contribution in [0.5, 0.6) is 0 Å². The molecule has 1 aliphatic rings. The molecule has 2 aromatic carbocycles. The minimum atomic E-state index is -3.63. The van der Waals surface area contributed by atoms with Crippen LogP contribution in [0.15, 0.2) is 53.4 Å². The Morgan fingerprint density at radius 1 is 1.00 bits per heavy atom. The molecular weight excluding hydrogens is 437 g/mol. The first kappa shape index (κ1) is 21.8. The minimum Gasteiger partial charge on any atom is -0.303 e. The molecule has 0 amide bonds. The zero-order chi connectivity index (χ0) is 22.2. The van der Waals surface area contributed by atoms with Crippen LogP contribution in [0.4, 0.5) is 4.39 Å². The second-order valence-electron chi connectivity index (χ2n) is 7.65. The van der Waals surface area contributed by atoms with Gasteiger partial charge in [0.15, 0.2) is 10.6 Å². The SMILES string of the molecule is Cc1ccc(-c2nn(CN3CCN(S(=O)(=O)c4ccc(F)cc4)CC3)c(=S)n2C)cc1. The maximum absolute atomic E-state index is 13.1. The Balaban J connectivity index is 1.45. The molecular formula is C21H24FN5O2S2. The van der Waals surface area contributed by atoms with Gasteiger partial charge in [-0.2, -0.15) is 9.40 Å². The fourth-order valence-electron chi connectivity index (χ4n) is 3.59. The maximum Gasteiger partial charge on any atom is 0.243 e.